The first-order chi connectivity index (χ1) is 14.8. The molecule has 0 saturated carbocycles. The van der Waals surface area contributed by atoms with Crippen molar-refractivity contribution in [3.63, 3.8) is 0 Å². The summed E-state index contributed by atoms with van der Waals surface area (Å²) in [4.78, 5) is 27.8. The number of fused-ring (bicyclic) bond motifs is 1. The van der Waals surface area contributed by atoms with Gasteiger partial charge in [0.05, 0.1) is 22.8 Å². The van der Waals surface area contributed by atoms with Crippen molar-refractivity contribution in [3.05, 3.63) is 101 Å². The maximum atomic E-state index is 13.2. The molecule has 0 spiro atoms. The molecule has 0 radical (unpaired) electrons. The van der Waals surface area contributed by atoms with Gasteiger partial charge in [-0.25, -0.2) is 9.97 Å². The molecule has 0 atom stereocenters. The van der Waals surface area contributed by atoms with Crippen molar-refractivity contribution < 1.29 is 0 Å². The SMILES string of the molecule is O=c1c2ccccc2nc(SCc2cnc(-c3ccccc3)s2)n1-c1cccnc1. The molecule has 146 valence electrons. The molecule has 0 saturated heterocycles. The van der Waals surface area contributed by atoms with Crippen molar-refractivity contribution in [3.8, 4) is 16.3 Å². The molecule has 0 fully saturated rings. The normalized spacial score (nSPS) is 11.1. The molecule has 0 aliphatic heterocycles. The molecule has 0 bridgehead atoms. The molecule has 5 rings (SSSR count). The van der Waals surface area contributed by atoms with Gasteiger partial charge in [0.2, 0.25) is 0 Å². The summed E-state index contributed by atoms with van der Waals surface area (Å²) in [5, 5.41) is 2.22. The summed E-state index contributed by atoms with van der Waals surface area (Å²) in [6.07, 6.45) is 5.27. The fourth-order valence-corrected chi connectivity index (χ4v) is 5.10. The fraction of sp³-hybridized carbons (Fsp3) is 0.0435. The maximum absolute atomic E-state index is 13.2. The summed E-state index contributed by atoms with van der Waals surface area (Å²) in [6, 6.07) is 21.2. The van der Waals surface area contributed by atoms with E-state index in [2.05, 4.69) is 22.1 Å². The van der Waals surface area contributed by atoms with Gasteiger partial charge in [0, 0.05) is 28.6 Å². The van der Waals surface area contributed by atoms with Crippen LogP contribution in [0.3, 0.4) is 0 Å². The largest absolute Gasteiger partial charge is 0.268 e. The van der Waals surface area contributed by atoms with Gasteiger partial charge in [0.1, 0.15) is 5.01 Å². The van der Waals surface area contributed by atoms with Crippen LogP contribution in [0.15, 0.2) is 95.3 Å². The van der Waals surface area contributed by atoms with Crippen molar-refractivity contribution in [2.24, 2.45) is 0 Å². The van der Waals surface area contributed by atoms with Crippen LogP contribution >= 0.6 is 23.1 Å². The molecule has 3 aromatic heterocycles. The Morgan fingerprint density at radius 3 is 2.60 bits per heavy atom. The van der Waals surface area contributed by atoms with E-state index in [0.29, 0.717) is 27.5 Å². The van der Waals surface area contributed by atoms with E-state index in [0.717, 1.165) is 15.4 Å². The van der Waals surface area contributed by atoms with Crippen molar-refractivity contribution in [2.45, 2.75) is 10.9 Å². The first-order valence-electron chi connectivity index (χ1n) is 9.35. The molecule has 0 aliphatic carbocycles. The molecule has 5 nitrogen and oxygen atoms in total. The van der Waals surface area contributed by atoms with E-state index in [4.69, 9.17) is 4.98 Å². The zero-order chi connectivity index (χ0) is 20.3. The summed E-state index contributed by atoms with van der Waals surface area (Å²) >= 11 is 3.18. The summed E-state index contributed by atoms with van der Waals surface area (Å²) in [6.45, 7) is 0. The first kappa shape index (κ1) is 18.7. The lowest BCUT2D eigenvalue weighted by atomic mass is 10.2. The highest BCUT2D eigenvalue weighted by atomic mass is 32.2. The Morgan fingerprint density at radius 2 is 1.77 bits per heavy atom. The van der Waals surface area contributed by atoms with E-state index in [1.165, 1.54) is 11.8 Å². The third kappa shape index (κ3) is 3.65. The van der Waals surface area contributed by atoms with E-state index in [1.54, 1.807) is 34.4 Å². The molecule has 30 heavy (non-hydrogen) atoms. The lowest BCUT2D eigenvalue weighted by Gasteiger charge is -2.12. The van der Waals surface area contributed by atoms with Gasteiger partial charge in [-0.15, -0.1) is 11.3 Å². The quantitative estimate of drug-likeness (QED) is 0.285. The van der Waals surface area contributed by atoms with Crippen molar-refractivity contribution >= 4 is 34.0 Å². The minimum atomic E-state index is -0.0922. The number of thioether (sulfide) groups is 1. The Hall–Kier alpha value is -3.29. The topological polar surface area (TPSA) is 60.7 Å². The van der Waals surface area contributed by atoms with Gasteiger partial charge < -0.3 is 0 Å². The predicted octanol–water partition coefficient (Wildman–Crippen LogP) is 5.20. The van der Waals surface area contributed by atoms with Crippen molar-refractivity contribution in [1.29, 1.82) is 0 Å². The molecule has 0 unspecified atom stereocenters. The van der Waals surface area contributed by atoms with Gasteiger partial charge in [-0.3, -0.25) is 14.3 Å². The number of pyridine rings is 1. The van der Waals surface area contributed by atoms with Crippen LogP contribution in [0.2, 0.25) is 0 Å². The number of para-hydroxylation sites is 1. The van der Waals surface area contributed by atoms with Gasteiger partial charge in [-0.2, -0.15) is 0 Å². The van der Waals surface area contributed by atoms with Crippen LogP contribution in [-0.2, 0) is 5.75 Å². The highest BCUT2D eigenvalue weighted by Crippen LogP contribution is 2.30. The Balaban J connectivity index is 1.51. The van der Waals surface area contributed by atoms with Crippen molar-refractivity contribution in [2.75, 3.05) is 0 Å². The lowest BCUT2D eigenvalue weighted by Crippen LogP contribution is -2.21. The summed E-state index contributed by atoms with van der Waals surface area (Å²) in [5.41, 5.74) is 2.41. The second-order valence-electron chi connectivity index (χ2n) is 6.55. The van der Waals surface area contributed by atoms with Gasteiger partial charge in [-0.1, -0.05) is 54.2 Å². The molecular formula is C23H16N4OS2. The Labute approximate surface area is 181 Å². The van der Waals surface area contributed by atoms with E-state index < -0.39 is 0 Å². The van der Waals surface area contributed by atoms with Crippen molar-refractivity contribution in [1.82, 2.24) is 19.5 Å². The molecule has 7 heteroatoms. The van der Waals surface area contributed by atoms with Crippen LogP contribution < -0.4 is 5.56 Å². The van der Waals surface area contributed by atoms with E-state index >= 15 is 0 Å². The average molecular weight is 429 g/mol. The lowest BCUT2D eigenvalue weighted by molar-refractivity contribution is 0.815. The first-order valence-corrected chi connectivity index (χ1v) is 11.1. The third-order valence-corrected chi connectivity index (χ3v) is 6.78. The van der Waals surface area contributed by atoms with Crippen LogP contribution in [0.1, 0.15) is 4.88 Å². The molecule has 2 aromatic carbocycles. The van der Waals surface area contributed by atoms with Crippen LogP contribution in [0, 0.1) is 0 Å². The minimum absolute atomic E-state index is 0.0922. The van der Waals surface area contributed by atoms with E-state index in [9.17, 15) is 4.79 Å². The number of benzene rings is 2. The fourth-order valence-electron chi connectivity index (χ4n) is 3.15. The highest BCUT2D eigenvalue weighted by Gasteiger charge is 2.14. The molecule has 5 aromatic rings. The zero-order valence-electron chi connectivity index (χ0n) is 15.8. The van der Waals surface area contributed by atoms with Gasteiger partial charge >= 0.3 is 0 Å². The monoisotopic (exact) mass is 428 g/mol. The average Bonchev–Trinajstić information content (AvgIpc) is 3.28. The second kappa shape index (κ2) is 8.22. The molecule has 0 aliphatic rings. The molecular weight excluding hydrogens is 412 g/mol. The minimum Gasteiger partial charge on any atom is -0.268 e. The number of thiazole rings is 1. The number of hydrogen-bond donors (Lipinski definition) is 0. The Morgan fingerprint density at radius 1 is 0.933 bits per heavy atom. The standard InChI is InChI=1S/C23H16N4OS2/c28-22-19-10-4-5-11-20(19)26-23(27(22)17-9-6-12-24-13-17)29-15-18-14-25-21(30-18)16-7-2-1-3-8-16/h1-14H,15H2. The number of hydrogen-bond acceptors (Lipinski definition) is 6. The zero-order valence-corrected chi connectivity index (χ0v) is 17.4. The molecule has 3 heterocycles. The number of nitrogens with zero attached hydrogens (tertiary/aromatic N) is 4. The van der Waals surface area contributed by atoms with Crippen LogP contribution in [-0.4, -0.2) is 19.5 Å². The number of rotatable bonds is 5. The second-order valence-corrected chi connectivity index (χ2v) is 8.61. The molecule has 0 amide bonds. The summed E-state index contributed by atoms with van der Waals surface area (Å²) < 4.78 is 1.64. The van der Waals surface area contributed by atoms with E-state index in [1.807, 2.05) is 54.7 Å². The molecule has 0 N–H and O–H groups in total. The maximum Gasteiger partial charge on any atom is 0.266 e. The number of aromatic nitrogens is 4. The third-order valence-electron chi connectivity index (χ3n) is 4.57. The Bertz CT molecular complexity index is 1360. The highest BCUT2D eigenvalue weighted by molar-refractivity contribution is 7.98. The summed E-state index contributed by atoms with van der Waals surface area (Å²) in [5.74, 6) is 0.676. The van der Waals surface area contributed by atoms with E-state index in [-0.39, 0.29) is 5.56 Å². The van der Waals surface area contributed by atoms with Crippen LogP contribution in [0.5, 0.6) is 0 Å². The van der Waals surface area contributed by atoms with Gasteiger partial charge in [0.15, 0.2) is 5.16 Å². The summed E-state index contributed by atoms with van der Waals surface area (Å²) in [7, 11) is 0. The van der Waals surface area contributed by atoms with Crippen LogP contribution in [0.25, 0.3) is 27.2 Å². The smallest absolute Gasteiger partial charge is 0.266 e. The van der Waals surface area contributed by atoms with Crippen LogP contribution in [0.4, 0.5) is 0 Å². The van der Waals surface area contributed by atoms with Gasteiger partial charge in [-0.05, 0) is 24.3 Å². The Kier molecular flexibility index (Phi) is 5.13. The predicted molar refractivity (Wildman–Crippen MR) is 122 cm³/mol. The van der Waals surface area contributed by atoms with Gasteiger partial charge in [0.25, 0.3) is 5.56 Å².